The number of pyridine rings is 1. The Labute approximate surface area is 113 Å². The van der Waals surface area contributed by atoms with E-state index in [2.05, 4.69) is 41.2 Å². The number of alkyl halides is 1. The predicted molar refractivity (Wildman–Crippen MR) is 77.3 cm³/mol. The van der Waals surface area contributed by atoms with E-state index in [0.717, 1.165) is 11.4 Å². The minimum Gasteiger partial charge on any atom is -0.356 e. The molecular weight excluding hydrogens is 244 g/mol. The lowest BCUT2D eigenvalue weighted by atomic mass is 9.91. The molecular formula is C15H17ClN2. The number of hydrogen-bond donors (Lipinski definition) is 0. The fraction of sp³-hybridized carbons (Fsp3) is 0.400. The van der Waals surface area contributed by atoms with Crippen molar-refractivity contribution in [2.75, 3.05) is 11.9 Å². The molecule has 2 nitrogen and oxygen atoms in total. The SMILES string of the molecule is CN(c1ncc(CCl)c2ccccc12)C1CCC1. The molecule has 0 N–H and O–H groups in total. The van der Waals surface area contributed by atoms with Gasteiger partial charge in [0.1, 0.15) is 5.82 Å². The van der Waals surface area contributed by atoms with Crippen molar-refractivity contribution < 1.29 is 0 Å². The average molecular weight is 261 g/mol. The molecule has 0 unspecified atom stereocenters. The smallest absolute Gasteiger partial charge is 0.136 e. The Morgan fingerprint density at radius 1 is 1.28 bits per heavy atom. The number of anilines is 1. The zero-order valence-electron chi connectivity index (χ0n) is 10.6. The molecule has 1 saturated carbocycles. The van der Waals surface area contributed by atoms with Crippen molar-refractivity contribution in [1.29, 1.82) is 0 Å². The highest BCUT2D eigenvalue weighted by Crippen LogP contribution is 2.32. The van der Waals surface area contributed by atoms with E-state index in [9.17, 15) is 0 Å². The number of rotatable bonds is 3. The maximum Gasteiger partial charge on any atom is 0.136 e. The molecule has 0 saturated heterocycles. The van der Waals surface area contributed by atoms with Gasteiger partial charge in [-0.2, -0.15) is 0 Å². The molecule has 94 valence electrons. The number of halogens is 1. The van der Waals surface area contributed by atoms with Crippen LogP contribution in [-0.2, 0) is 5.88 Å². The van der Waals surface area contributed by atoms with Crippen LogP contribution < -0.4 is 4.90 Å². The minimum absolute atomic E-state index is 0.515. The lowest BCUT2D eigenvalue weighted by molar-refractivity contribution is 0.400. The maximum absolute atomic E-state index is 5.99. The van der Waals surface area contributed by atoms with Crippen molar-refractivity contribution in [3.8, 4) is 0 Å². The first-order valence-corrected chi connectivity index (χ1v) is 7.00. The normalized spacial score (nSPS) is 15.7. The standard InChI is InChI=1S/C15H17ClN2/c1-18(12-5-4-6-12)15-14-8-3-2-7-13(14)11(9-16)10-17-15/h2-3,7-8,10,12H,4-6,9H2,1H3. The molecule has 0 spiro atoms. The second-order valence-electron chi connectivity index (χ2n) is 4.98. The molecule has 3 heteroatoms. The molecule has 0 radical (unpaired) electrons. The van der Waals surface area contributed by atoms with Gasteiger partial charge in [0.05, 0.1) is 0 Å². The van der Waals surface area contributed by atoms with E-state index >= 15 is 0 Å². The third-order valence-electron chi connectivity index (χ3n) is 3.96. The number of benzene rings is 1. The Kier molecular flexibility index (Phi) is 3.13. The van der Waals surface area contributed by atoms with Gasteiger partial charge in [0, 0.05) is 30.6 Å². The highest BCUT2D eigenvalue weighted by molar-refractivity contribution is 6.18. The molecule has 1 aromatic heterocycles. The summed E-state index contributed by atoms with van der Waals surface area (Å²) in [6, 6.07) is 9.06. The van der Waals surface area contributed by atoms with Gasteiger partial charge < -0.3 is 4.90 Å². The predicted octanol–water partition coefficient (Wildman–Crippen LogP) is 3.96. The van der Waals surface area contributed by atoms with Crippen molar-refractivity contribution >= 4 is 28.2 Å². The van der Waals surface area contributed by atoms with E-state index in [1.807, 2.05) is 6.20 Å². The molecule has 0 bridgehead atoms. The molecule has 1 aromatic carbocycles. The molecule has 0 aliphatic heterocycles. The molecule has 2 aromatic rings. The summed E-state index contributed by atoms with van der Waals surface area (Å²) < 4.78 is 0. The van der Waals surface area contributed by atoms with Gasteiger partial charge in [0.2, 0.25) is 0 Å². The van der Waals surface area contributed by atoms with E-state index in [1.165, 1.54) is 30.0 Å². The third kappa shape index (κ3) is 1.85. The summed E-state index contributed by atoms with van der Waals surface area (Å²) >= 11 is 5.99. The van der Waals surface area contributed by atoms with Crippen molar-refractivity contribution in [3.05, 3.63) is 36.0 Å². The second-order valence-corrected chi connectivity index (χ2v) is 5.25. The molecule has 1 aliphatic carbocycles. The van der Waals surface area contributed by atoms with Crippen LogP contribution in [0.3, 0.4) is 0 Å². The van der Waals surface area contributed by atoms with Gasteiger partial charge in [-0.1, -0.05) is 24.3 Å². The zero-order chi connectivity index (χ0) is 12.5. The van der Waals surface area contributed by atoms with Gasteiger partial charge in [0.15, 0.2) is 0 Å². The van der Waals surface area contributed by atoms with Crippen LogP contribution in [0.15, 0.2) is 30.5 Å². The molecule has 1 aliphatic rings. The van der Waals surface area contributed by atoms with Crippen LogP contribution in [0.25, 0.3) is 10.8 Å². The van der Waals surface area contributed by atoms with Crippen molar-refractivity contribution in [2.24, 2.45) is 0 Å². The third-order valence-corrected chi connectivity index (χ3v) is 4.24. The van der Waals surface area contributed by atoms with E-state index in [0.29, 0.717) is 11.9 Å². The van der Waals surface area contributed by atoms with Gasteiger partial charge >= 0.3 is 0 Å². The average Bonchev–Trinajstić information content (AvgIpc) is 2.35. The van der Waals surface area contributed by atoms with Crippen LogP contribution in [-0.4, -0.2) is 18.1 Å². The zero-order valence-corrected chi connectivity index (χ0v) is 11.3. The second kappa shape index (κ2) is 4.77. The fourth-order valence-corrected chi connectivity index (χ4v) is 2.78. The Morgan fingerprint density at radius 2 is 2.00 bits per heavy atom. The number of fused-ring (bicyclic) bond motifs is 1. The Balaban J connectivity index is 2.12. The minimum atomic E-state index is 0.515. The van der Waals surface area contributed by atoms with Crippen LogP contribution in [0.5, 0.6) is 0 Å². The maximum atomic E-state index is 5.99. The first kappa shape index (κ1) is 11.8. The van der Waals surface area contributed by atoms with E-state index in [-0.39, 0.29) is 0 Å². The summed E-state index contributed by atoms with van der Waals surface area (Å²) in [5, 5.41) is 2.44. The number of hydrogen-bond acceptors (Lipinski definition) is 2. The van der Waals surface area contributed by atoms with Gasteiger partial charge in [-0.3, -0.25) is 0 Å². The lowest BCUT2D eigenvalue weighted by Gasteiger charge is -2.36. The van der Waals surface area contributed by atoms with Crippen LogP contribution in [0.4, 0.5) is 5.82 Å². The Bertz CT molecular complexity index is 563. The molecule has 0 atom stereocenters. The highest BCUT2D eigenvalue weighted by Gasteiger charge is 2.24. The van der Waals surface area contributed by atoms with Crippen LogP contribution in [0.1, 0.15) is 24.8 Å². The highest BCUT2D eigenvalue weighted by atomic mass is 35.5. The summed E-state index contributed by atoms with van der Waals surface area (Å²) in [5.74, 6) is 1.60. The largest absolute Gasteiger partial charge is 0.356 e. The summed E-state index contributed by atoms with van der Waals surface area (Å²) in [4.78, 5) is 6.95. The van der Waals surface area contributed by atoms with Crippen LogP contribution in [0.2, 0.25) is 0 Å². The van der Waals surface area contributed by atoms with Gasteiger partial charge in [-0.25, -0.2) is 4.98 Å². The molecule has 18 heavy (non-hydrogen) atoms. The first-order chi connectivity index (χ1) is 8.81. The first-order valence-electron chi connectivity index (χ1n) is 6.46. The van der Waals surface area contributed by atoms with Crippen molar-refractivity contribution in [3.63, 3.8) is 0 Å². The van der Waals surface area contributed by atoms with E-state index in [1.54, 1.807) is 0 Å². The molecule has 1 fully saturated rings. The number of nitrogens with zero attached hydrogens (tertiary/aromatic N) is 2. The summed E-state index contributed by atoms with van der Waals surface area (Å²) in [5.41, 5.74) is 1.11. The number of aromatic nitrogens is 1. The van der Waals surface area contributed by atoms with Crippen LogP contribution in [0, 0.1) is 0 Å². The molecule has 3 rings (SSSR count). The van der Waals surface area contributed by atoms with E-state index in [4.69, 9.17) is 11.6 Å². The molecule has 0 amide bonds. The van der Waals surface area contributed by atoms with Gasteiger partial charge in [-0.05, 0) is 30.2 Å². The Morgan fingerprint density at radius 3 is 2.61 bits per heavy atom. The lowest BCUT2D eigenvalue weighted by Crippen LogP contribution is -2.37. The van der Waals surface area contributed by atoms with Gasteiger partial charge in [-0.15, -0.1) is 11.6 Å². The molecule has 1 heterocycles. The monoisotopic (exact) mass is 260 g/mol. The van der Waals surface area contributed by atoms with Crippen LogP contribution >= 0.6 is 11.6 Å². The summed E-state index contributed by atoms with van der Waals surface area (Å²) in [6.07, 6.45) is 5.82. The Hall–Kier alpha value is -1.28. The quantitative estimate of drug-likeness (QED) is 0.777. The van der Waals surface area contributed by atoms with E-state index < -0.39 is 0 Å². The van der Waals surface area contributed by atoms with Gasteiger partial charge in [0.25, 0.3) is 0 Å². The van der Waals surface area contributed by atoms with Crippen molar-refractivity contribution in [1.82, 2.24) is 4.98 Å². The summed E-state index contributed by atoms with van der Waals surface area (Å²) in [6.45, 7) is 0. The summed E-state index contributed by atoms with van der Waals surface area (Å²) in [7, 11) is 2.15. The fourth-order valence-electron chi connectivity index (χ4n) is 2.57. The topological polar surface area (TPSA) is 16.1 Å². The van der Waals surface area contributed by atoms with Crippen molar-refractivity contribution in [2.45, 2.75) is 31.2 Å².